The highest BCUT2D eigenvalue weighted by molar-refractivity contribution is 5.97. The second-order valence-electron chi connectivity index (χ2n) is 6.25. The first-order valence-electron chi connectivity index (χ1n) is 7.77. The van der Waals surface area contributed by atoms with Crippen molar-refractivity contribution in [1.82, 2.24) is 0 Å². The molecule has 0 radical (unpaired) electrons. The van der Waals surface area contributed by atoms with Crippen LogP contribution in [0.2, 0.25) is 0 Å². The van der Waals surface area contributed by atoms with Crippen LogP contribution in [0.3, 0.4) is 0 Å². The molecule has 4 heteroatoms. The Bertz CT molecular complexity index is 494. The molecule has 1 fully saturated rings. The van der Waals surface area contributed by atoms with Crippen LogP contribution in [0.5, 0.6) is 0 Å². The van der Waals surface area contributed by atoms with E-state index in [1.165, 1.54) is 32.8 Å². The van der Waals surface area contributed by atoms with Crippen molar-refractivity contribution >= 4 is 17.3 Å². The normalized spacial score (nSPS) is 15.4. The van der Waals surface area contributed by atoms with Gasteiger partial charge in [-0.3, -0.25) is 0 Å². The average molecular weight is 290 g/mol. The molecule has 0 heterocycles. The van der Waals surface area contributed by atoms with E-state index < -0.39 is 0 Å². The van der Waals surface area contributed by atoms with Crippen molar-refractivity contribution in [2.45, 2.75) is 45.6 Å². The number of benzene rings is 1. The molecule has 1 aromatic carbocycles. The van der Waals surface area contributed by atoms with E-state index in [2.05, 4.69) is 18.7 Å². The molecule has 0 spiro atoms. The van der Waals surface area contributed by atoms with E-state index in [0.29, 0.717) is 23.2 Å². The zero-order chi connectivity index (χ0) is 15.4. The SMILES string of the molecule is COC(=O)c1cc(N)ccc1N(CC(C)C)C1CCCC1. The van der Waals surface area contributed by atoms with Gasteiger partial charge in [0.25, 0.3) is 0 Å². The number of esters is 1. The number of anilines is 2. The molecular formula is C17H26N2O2. The zero-order valence-corrected chi connectivity index (χ0v) is 13.3. The van der Waals surface area contributed by atoms with E-state index in [1.807, 2.05) is 12.1 Å². The Kier molecular flexibility index (Phi) is 5.10. The lowest BCUT2D eigenvalue weighted by molar-refractivity contribution is 0.0601. The Morgan fingerprint density at radius 2 is 2.05 bits per heavy atom. The van der Waals surface area contributed by atoms with Crippen molar-refractivity contribution in [3.8, 4) is 0 Å². The standard InChI is InChI=1S/C17H26N2O2/c1-12(2)11-19(14-6-4-5-7-14)16-9-8-13(18)10-15(16)17(20)21-3/h8-10,12,14H,4-7,11,18H2,1-3H3. The smallest absolute Gasteiger partial charge is 0.340 e. The van der Waals surface area contributed by atoms with Crippen LogP contribution in [0.25, 0.3) is 0 Å². The van der Waals surface area contributed by atoms with Gasteiger partial charge in [-0.1, -0.05) is 26.7 Å². The maximum Gasteiger partial charge on any atom is 0.340 e. The van der Waals surface area contributed by atoms with Gasteiger partial charge in [0.05, 0.1) is 18.4 Å². The highest BCUT2D eigenvalue weighted by Gasteiger charge is 2.27. The lowest BCUT2D eigenvalue weighted by atomic mass is 10.1. The van der Waals surface area contributed by atoms with Gasteiger partial charge < -0.3 is 15.4 Å². The first-order valence-corrected chi connectivity index (χ1v) is 7.77. The molecule has 0 saturated heterocycles. The second-order valence-corrected chi connectivity index (χ2v) is 6.25. The van der Waals surface area contributed by atoms with Crippen LogP contribution >= 0.6 is 0 Å². The number of nitrogens with two attached hydrogens (primary N) is 1. The monoisotopic (exact) mass is 290 g/mol. The summed E-state index contributed by atoms with van der Waals surface area (Å²) in [6.45, 7) is 5.35. The van der Waals surface area contributed by atoms with Gasteiger partial charge in [-0.15, -0.1) is 0 Å². The Morgan fingerprint density at radius 3 is 2.62 bits per heavy atom. The molecule has 1 aromatic rings. The molecule has 0 bridgehead atoms. The molecule has 1 saturated carbocycles. The Hall–Kier alpha value is -1.71. The molecule has 0 aliphatic heterocycles. The van der Waals surface area contributed by atoms with Gasteiger partial charge in [-0.25, -0.2) is 4.79 Å². The molecule has 1 aliphatic rings. The van der Waals surface area contributed by atoms with Gasteiger partial charge in [0.2, 0.25) is 0 Å². The third kappa shape index (κ3) is 3.69. The fourth-order valence-electron chi connectivity index (χ4n) is 3.13. The number of carbonyl (C=O) groups is 1. The number of rotatable bonds is 5. The van der Waals surface area contributed by atoms with E-state index >= 15 is 0 Å². The minimum Gasteiger partial charge on any atom is -0.465 e. The van der Waals surface area contributed by atoms with Gasteiger partial charge in [0.1, 0.15) is 0 Å². The molecule has 0 amide bonds. The van der Waals surface area contributed by atoms with Crippen LogP contribution in [0.1, 0.15) is 49.9 Å². The van der Waals surface area contributed by atoms with Crippen LogP contribution in [-0.4, -0.2) is 25.7 Å². The number of hydrogen-bond acceptors (Lipinski definition) is 4. The highest BCUT2D eigenvalue weighted by Crippen LogP contribution is 2.32. The summed E-state index contributed by atoms with van der Waals surface area (Å²) in [4.78, 5) is 14.5. The molecule has 4 nitrogen and oxygen atoms in total. The van der Waals surface area contributed by atoms with E-state index in [0.717, 1.165) is 12.2 Å². The van der Waals surface area contributed by atoms with Gasteiger partial charge in [-0.05, 0) is 37.0 Å². The highest BCUT2D eigenvalue weighted by atomic mass is 16.5. The third-order valence-corrected chi connectivity index (χ3v) is 4.06. The first-order chi connectivity index (χ1) is 10.0. The predicted molar refractivity (Wildman–Crippen MR) is 86.6 cm³/mol. The molecular weight excluding hydrogens is 264 g/mol. The van der Waals surface area contributed by atoms with Crippen molar-refractivity contribution in [1.29, 1.82) is 0 Å². The van der Waals surface area contributed by atoms with Crippen LogP contribution < -0.4 is 10.6 Å². The molecule has 0 aromatic heterocycles. The molecule has 0 unspecified atom stereocenters. The first kappa shape index (κ1) is 15.7. The van der Waals surface area contributed by atoms with Gasteiger partial charge in [-0.2, -0.15) is 0 Å². The summed E-state index contributed by atoms with van der Waals surface area (Å²) in [5, 5.41) is 0. The fraction of sp³-hybridized carbons (Fsp3) is 0.588. The summed E-state index contributed by atoms with van der Waals surface area (Å²) >= 11 is 0. The number of nitrogen functional groups attached to an aromatic ring is 1. The summed E-state index contributed by atoms with van der Waals surface area (Å²) in [6.07, 6.45) is 4.92. The van der Waals surface area contributed by atoms with E-state index in [-0.39, 0.29) is 5.97 Å². The van der Waals surface area contributed by atoms with E-state index in [1.54, 1.807) is 6.07 Å². The van der Waals surface area contributed by atoms with Gasteiger partial charge in [0, 0.05) is 18.3 Å². The summed E-state index contributed by atoms with van der Waals surface area (Å²) in [7, 11) is 1.41. The fourth-order valence-corrected chi connectivity index (χ4v) is 3.13. The minimum atomic E-state index is -0.316. The van der Waals surface area contributed by atoms with Crippen molar-refractivity contribution in [2.24, 2.45) is 5.92 Å². The summed E-state index contributed by atoms with van der Waals surface area (Å²) < 4.78 is 4.93. The zero-order valence-electron chi connectivity index (χ0n) is 13.3. The quantitative estimate of drug-likeness (QED) is 0.666. The molecule has 1 aliphatic carbocycles. The third-order valence-electron chi connectivity index (χ3n) is 4.06. The van der Waals surface area contributed by atoms with Crippen molar-refractivity contribution in [3.05, 3.63) is 23.8 Å². The Labute approximate surface area is 127 Å². The summed E-state index contributed by atoms with van der Waals surface area (Å²) in [5.41, 5.74) is 7.97. The maximum atomic E-state index is 12.1. The van der Waals surface area contributed by atoms with Crippen LogP contribution in [0, 0.1) is 5.92 Å². The number of methoxy groups -OCH3 is 1. The summed E-state index contributed by atoms with van der Waals surface area (Å²) in [6, 6.07) is 6.06. The van der Waals surface area contributed by atoms with E-state index in [9.17, 15) is 4.79 Å². The Morgan fingerprint density at radius 1 is 1.38 bits per heavy atom. The molecule has 21 heavy (non-hydrogen) atoms. The van der Waals surface area contributed by atoms with E-state index in [4.69, 9.17) is 10.5 Å². The number of ether oxygens (including phenoxy) is 1. The molecule has 2 rings (SSSR count). The van der Waals surface area contributed by atoms with Crippen molar-refractivity contribution in [3.63, 3.8) is 0 Å². The Balaban J connectivity index is 2.40. The van der Waals surface area contributed by atoms with Gasteiger partial charge in [0.15, 0.2) is 0 Å². The summed E-state index contributed by atoms with van der Waals surface area (Å²) in [5.74, 6) is 0.220. The predicted octanol–water partition coefficient (Wildman–Crippen LogP) is 3.46. The largest absolute Gasteiger partial charge is 0.465 e. The maximum absolute atomic E-state index is 12.1. The van der Waals surface area contributed by atoms with Crippen LogP contribution in [-0.2, 0) is 4.74 Å². The molecule has 0 atom stereocenters. The van der Waals surface area contributed by atoms with Crippen LogP contribution in [0.4, 0.5) is 11.4 Å². The lowest BCUT2D eigenvalue weighted by Gasteiger charge is -2.34. The van der Waals surface area contributed by atoms with Crippen LogP contribution in [0.15, 0.2) is 18.2 Å². The molecule has 116 valence electrons. The minimum absolute atomic E-state index is 0.316. The van der Waals surface area contributed by atoms with Crippen molar-refractivity contribution < 1.29 is 9.53 Å². The second kappa shape index (κ2) is 6.83. The van der Waals surface area contributed by atoms with Gasteiger partial charge >= 0.3 is 5.97 Å². The average Bonchev–Trinajstić information content (AvgIpc) is 2.98. The topological polar surface area (TPSA) is 55.6 Å². The lowest BCUT2D eigenvalue weighted by Crippen LogP contribution is -2.37. The van der Waals surface area contributed by atoms with Crippen molar-refractivity contribution in [2.75, 3.05) is 24.3 Å². The number of nitrogens with zero attached hydrogens (tertiary/aromatic N) is 1. The number of hydrogen-bond donors (Lipinski definition) is 1. The molecule has 2 N–H and O–H groups in total. The number of carbonyl (C=O) groups excluding carboxylic acids is 1.